The monoisotopic (exact) mass is 266 g/mol. The van der Waals surface area contributed by atoms with E-state index in [1.165, 1.54) is 28.3 Å². The van der Waals surface area contributed by atoms with Crippen molar-refractivity contribution in [3.63, 3.8) is 0 Å². The van der Waals surface area contributed by atoms with E-state index in [2.05, 4.69) is 0 Å². The van der Waals surface area contributed by atoms with E-state index in [0.717, 1.165) is 0 Å². The molecule has 0 aliphatic heterocycles. The summed E-state index contributed by atoms with van der Waals surface area (Å²) < 4.78 is 20.2. The first-order chi connectivity index (χ1) is 7.85. The van der Waals surface area contributed by atoms with Crippen LogP contribution in [0.15, 0.2) is 0 Å². The quantitative estimate of drug-likeness (QED) is 0.262. The molecule has 0 saturated heterocycles. The number of rotatable bonds is 8. The second-order valence-electron chi connectivity index (χ2n) is 3.79. The van der Waals surface area contributed by atoms with E-state index in [-0.39, 0.29) is 19.0 Å². The van der Waals surface area contributed by atoms with Gasteiger partial charge in [-0.05, 0) is 6.42 Å². The molecule has 1 N–H and O–H groups in total. The molecule has 0 radical (unpaired) electrons. The van der Waals surface area contributed by atoms with Crippen LogP contribution < -0.4 is 0 Å². The third-order valence-corrected chi connectivity index (χ3v) is 4.39. The topological polar surface area (TPSA) is 74.2 Å². The normalized spacial score (nSPS) is 15.6. The number of methoxy groups -OCH3 is 3. The Kier molecular flexibility index (Phi) is 6.87. The standard InChI is InChI=1S/C10H22O6Si/c1-8(11)16-7-5-6-9(12,13-2)10(17,14-3)15-4/h12H,5-7H2,1-4,17H3. The van der Waals surface area contributed by atoms with Crippen LogP contribution >= 0.6 is 0 Å². The molecular weight excluding hydrogens is 244 g/mol. The van der Waals surface area contributed by atoms with Crippen molar-refractivity contribution in [2.45, 2.75) is 31.0 Å². The molecule has 0 aromatic rings. The molecule has 0 fully saturated rings. The lowest BCUT2D eigenvalue weighted by Crippen LogP contribution is -2.58. The summed E-state index contributed by atoms with van der Waals surface area (Å²) in [5.74, 6) is -1.88. The lowest BCUT2D eigenvalue weighted by atomic mass is 10.1. The highest BCUT2D eigenvalue weighted by Crippen LogP contribution is 2.29. The second kappa shape index (κ2) is 7.07. The molecule has 0 aliphatic carbocycles. The Morgan fingerprint density at radius 1 is 1.24 bits per heavy atom. The zero-order chi connectivity index (χ0) is 13.5. The zero-order valence-corrected chi connectivity index (χ0v) is 13.1. The maximum absolute atomic E-state index is 10.6. The van der Waals surface area contributed by atoms with Gasteiger partial charge < -0.3 is 24.1 Å². The van der Waals surface area contributed by atoms with Gasteiger partial charge in [-0.3, -0.25) is 4.79 Å². The highest BCUT2D eigenvalue weighted by molar-refractivity contribution is 6.14. The van der Waals surface area contributed by atoms with Gasteiger partial charge in [-0.2, -0.15) is 0 Å². The van der Waals surface area contributed by atoms with Crippen LogP contribution in [0.4, 0.5) is 0 Å². The number of carbonyl (C=O) groups is 1. The van der Waals surface area contributed by atoms with Crippen LogP contribution in [-0.2, 0) is 23.7 Å². The maximum atomic E-state index is 10.6. The first kappa shape index (κ1) is 16.5. The van der Waals surface area contributed by atoms with Crippen LogP contribution in [0.5, 0.6) is 0 Å². The van der Waals surface area contributed by atoms with Crippen LogP contribution in [0.3, 0.4) is 0 Å². The number of hydrogen-bond donors (Lipinski definition) is 1. The molecule has 1 atom stereocenters. The van der Waals surface area contributed by atoms with E-state index in [1.54, 1.807) is 0 Å². The summed E-state index contributed by atoms with van der Waals surface area (Å²) in [5, 5.41) is 10.3. The molecule has 0 rings (SSSR count). The van der Waals surface area contributed by atoms with Crippen molar-refractivity contribution < 1.29 is 28.8 Å². The molecule has 6 nitrogen and oxygen atoms in total. The van der Waals surface area contributed by atoms with E-state index in [4.69, 9.17) is 18.9 Å². The summed E-state index contributed by atoms with van der Waals surface area (Å²) in [7, 11) is 4.71. The molecule has 0 spiro atoms. The Balaban J connectivity index is 4.41. The molecule has 0 aliphatic rings. The van der Waals surface area contributed by atoms with Gasteiger partial charge in [0.15, 0.2) is 5.41 Å². The van der Waals surface area contributed by atoms with Crippen LogP contribution in [0.25, 0.3) is 0 Å². The van der Waals surface area contributed by atoms with Crippen molar-refractivity contribution in [2.24, 2.45) is 0 Å². The first-order valence-electron chi connectivity index (χ1n) is 5.36. The van der Waals surface area contributed by atoms with E-state index in [9.17, 15) is 9.90 Å². The number of carbonyl (C=O) groups excluding carboxylic acids is 1. The fraction of sp³-hybridized carbons (Fsp3) is 0.900. The van der Waals surface area contributed by atoms with E-state index >= 15 is 0 Å². The highest BCUT2D eigenvalue weighted by Gasteiger charge is 2.48. The largest absolute Gasteiger partial charge is 0.466 e. The predicted octanol–water partition coefficient (Wildman–Crippen LogP) is -1.02. The van der Waals surface area contributed by atoms with Gasteiger partial charge in [0, 0.05) is 34.7 Å². The summed E-state index contributed by atoms with van der Waals surface area (Å²) >= 11 is 0. The van der Waals surface area contributed by atoms with Crippen molar-refractivity contribution in [2.75, 3.05) is 27.9 Å². The van der Waals surface area contributed by atoms with Gasteiger partial charge in [-0.1, -0.05) is 0 Å². The van der Waals surface area contributed by atoms with Crippen molar-refractivity contribution in [1.29, 1.82) is 0 Å². The van der Waals surface area contributed by atoms with E-state index in [1.807, 2.05) is 0 Å². The summed E-state index contributed by atoms with van der Waals surface area (Å²) in [6, 6.07) is 0. The number of hydrogen-bond acceptors (Lipinski definition) is 6. The van der Waals surface area contributed by atoms with Gasteiger partial charge in [0.05, 0.1) is 16.8 Å². The Labute approximate surface area is 105 Å². The number of aliphatic hydroxyl groups is 1. The molecular formula is C10H22O6Si. The second-order valence-corrected chi connectivity index (χ2v) is 5.10. The van der Waals surface area contributed by atoms with Crippen LogP contribution in [0, 0.1) is 0 Å². The third-order valence-electron chi connectivity index (χ3n) is 2.79. The van der Waals surface area contributed by atoms with Gasteiger partial charge >= 0.3 is 5.97 Å². The SMILES string of the molecule is COC(O)(CCCOC(C)=O)C([SiH3])(OC)OC. The fourth-order valence-electron chi connectivity index (χ4n) is 1.44. The van der Waals surface area contributed by atoms with Crippen molar-refractivity contribution >= 4 is 16.2 Å². The van der Waals surface area contributed by atoms with Gasteiger partial charge in [0.2, 0.25) is 5.79 Å². The fourth-order valence-corrected chi connectivity index (χ4v) is 1.90. The summed E-state index contributed by atoms with van der Waals surface area (Å²) in [4.78, 5) is 10.6. The molecule has 0 amide bonds. The zero-order valence-electron chi connectivity index (χ0n) is 11.1. The van der Waals surface area contributed by atoms with Crippen LogP contribution in [-0.4, -0.2) is 60.5 Å². The summed E-state index contributed by atoms with van der Waals surface area (Å²) in [6.45, 7) is 1.57. The average Bonchev–Trinajstić information content (AvgIpc) is 2.32. The molecule has 7 heteroatoms. The Bertz CT molecular complexity index is 243. The van der Waals surface area contributed by atoms with Gasteiger partial charge in [-0.25, -0.2) is 0 Å². The van der Waals surface area contributed by atoms with Crippen molar-refractivity contribution in [1.82, 2.24) is 0 Å². The van der Waals surface area contributed by atoms with Crippen LogP contribution in [0.1, 0.15) is 19.8 Å². The summed E-state index contributed by atoms with van der Waals surface area (Å²) in [5.41, 5.74) is -1.14. The molecule has 0 heterocycles. The van der Waals surface area contributed by atoms with Gasteiger partial charge in [0.1, 0.15) is 0 Å². The minimum absolute atomic E-state index is 0.228. The molecule has 1 unspecified atom stereocenters. The lowest BCUT2D eigenvalue weighted by molar-refractivity contribution is -0.344. The first-order valence-corrected chi connectivity index (χ1v) is 6.36. The molecule has 0 saturated carbocycles. The number of esters is 1. The molecule has 0 bridgehead atoms. The maximum Gasteiger partial charge on any atom is 0.302 e. The lowest BCUT2D eigenvalue weighted by Gasteiger charge is -2.41. The van der Waals surface area contributed by atoms with Gasteiger partial charge in [0.25, 0.3) is 0 Å². The molecule has 17 heavy (non-hydrogen) atoms. The average molecular weight is 266 g/mol. The Morgan fingerprint density at radius 2 is 1.76 bits per heavy atom. The smallest absolute Gasteiger partial charge is 0.302 e. The molecule has 102 valence electrons. The van der Waals surface area contributed by atoms with Crippen molar-refractivity contribution in [3.8, 4) is 0 Å². The molecule has 0 aromatic heterocycles. The number of ether oxygens (including phenoxy) is 4. The van der Waals surface area contributed by atoms with Crippen molar-refractivity contribution in [3.05, 3.63) is 0 Å². The Morgan fingerprint density at radius 3 is 2.12 bits per heavy atom. The Hall–Kier alpha value is -0.473. The predicted molar refractivity (Wildman–Crippen MR) is 64.5 cm³/mol. The van der Waals surface area contributed by atoms with E-state index < -0.39 is 11.2 Å². The van der Waals surface area contributed by atoms with Gasteiger partial charge in [-0.15, -0.1) is 0 Å². The highest BCUT2D eigenvalue weighted by atomic mass is 28.1. The summed E-state index contributed by atoms with van der Waals surface area (Å²) in [6.07, 6.45) is 0.711. The molecule has 0 aromatic carbocycles. The minimum atomic E-state index is -1.54. The third kappa shape index (κ3) is 4.36. The van der Waals surface area contributed by atoms with Crippen LogP contribution in [0.2, 0.25) is 0 Å². The van der Waals surface area contributed by atoms with E-state index in [0.29, 0.717) is 16.7 Å². The minimum Gasteiger partial charge on any atom is -0.466 e.